The minimum absolute atomic E-state index is 0.312. The quantitative estimate of drug-likeness (QED) is 0.645. The fourth-order valence-corrected chi connectivity index (χ4v) is 1.00. The number of nitrogens with zero attached hydrogens (tertiary/aromatic N) is 1. The molecule has 0 aromatic heterocycles. The highest BCUT2D eigenvalue weighted by Gasteiger charge is 2.14. The van der Waals surface area contributed by atoms with E-state index < -0.39 is 0 Å². The molecule has 0 aromatic rings. The van der Waals surface area contributed by atoms with Gasteiger partial charge in [0, 0.05) is 17.7 Å². The molecule has 12 heavy (non-hydrogen) atoms. The standard InChI is InChI=1S/C9H18N2S/c1-9(2,12-3)8-11-7-5-4-6-10/h11H,4-5,7-8H2,1-3H3. The highest BCUT2D eigenvalue weighted by Crippen LogP contribution is 2.19. The molecule has 0 heterocycles. The molecule has 0 aliphatic carbocycles. The second-order valence-corrected chi connectivity index (χ2v) is 4.92. The third-order valence-electron chi connectivity index (χ3n) is 1.75. The highest BCUT2D eigenvalue weighted by atomic mass is 32.2. The number of nitrogens with one attached hydrogen (secondary N) is 1. The van der Waals surface area contributed by atoms with Crippen molar-refractivity contribution in [3.05, 3.63) is 0 Å². The van der Waals surface area contributed by atoms with E-state index in [9.17, 15) is 0 Å². The molecule has 0 radical (unpaired) electrons. The Balaban J connectivity index is 3.26. The zero-order chi connectivity index (χ0) is 9.45. The predicted molar refractivity (Wildman–Crippen MR) is 55.3 cm³/mol. The lowest BCUT2D eigenvalue weighted by molar-refractivity contribution is 0.579. The van der Waals surface area contributed by atoms with Crippen molar-refractivity contribution >= 4 is 11.8 Å². The molecule has 0 bridgehead atoms. The maximum atomic E-state index is 8.29. The van der Waals surface area contributed by atoms with Crippen molar-refractivity contribution in [1.82, 2.24) is 5.32 Å². The SMILES string of the molecule is CSC(C)(C)CNCCCC#N. The first-order valence-electron chi connectivity index (χ1n) is 4.25. The van der Waals surface area contributed by atoms with E-state index in [1.807, 2.05) is 11.8 Å². The van der Waals surface area contributed by atoms with E-state index in [2.05, 4.69) is 31.5 Å². The lowest BCUT2D eigenvalue weighted by atomic mass is 10.2. The summed E-state index contributed by atoms with van der Waals surface area (Å²) < 4.78 is 0.312. The topological polar surface area (TPSA) is 35.8 Å². The van der Waals surface area contributed by atoms with Crippen molar-refractivity contribution in [1.29, 1.82) is 5.26 Å². The Labute approximate surface area is 79.7 Å². The molecule has 0 fully saturated rings. The van der Waals surface area contributed by atoms with Gasteiger partial charge in [-0.3, -0.25) is 0 Å². The van der Waals surface area contributed by atoms with Crippen molar-refractivity contribution in [3.8, 4) is 6.07 Å². The maximum absolute atomic E-state index is 8.29. The number of thioether (sulfide) groups is 1. The first kappa shape index (κ1) is 11.8. The van der Waals surface area contributed by atoms with E-state index in [-0.39, 0.29) is 0 Å². The maximum Gasteiger partial charge on any atom is 0.0622 e. The van der Waals surface area contributed by atoms with E-state index in [0.717, 1.165) is 19.5 Å². The van der Waals surface area contributed by atoms with Crippen molar-refractivity contribution in [2.75, 3.05) is 19.3 Å². The highest BCUT2D eigenvalue weighted by molar-refractivity contribution is 7.99. The molecule has 0 aliphatic rings. The number of nitriles is 1. The van der Waals surface area contributed by atoms with Gasteiger partial charge in [0.25, 0.3) is 0 Å². The van der Waals surface area contributed by atoms with Gasteiger partial charge in [-0.2, -0.15) is 17.0 Å². The zero-order valence-corrected chi connectivity index (χ0v) is 9.00. The van der Waals surface area contributed by atoms with Crippen molar-refractivity contribution in [2.24, 2.45) is 0 Å². The third-order valence-corrected chi connectivity index (χ3v) is 2.99. The Morgan fingerprint density at radius 3 is 2.67 bits per heavy atom. The van der Waals surface area contributed by atoms with Gasteiger partial charge < -0.3 is 5.32 Å². The van der Waals surface area contributed by atoms with Crippen LogP contribution in [0, 0.1) is 11.3 Å². The molecule has 0 rings (SSSR count). The lowest BCUT2D eigenvalue weighted by Crippen LogP contribution is -2.32. The van der Waals surface area contributed by atoms with Gasteiger partial charge in [-0.05, 0) is 33.1 Å². The van der Waals surface area contributed by atoms with Crippen molar-refractivity contribution < 1.29 is 0 Å². The van der Waals surface area contributed by atoms with Crippen LogP contribution in [0.25, 0.3) is 0 Å². The van der Waals surface area contributed by atoms with E-state index >= 15 is 0 Å². The molecule has 0 atom stereocenters. The normalized spacial score (nSPS) is 11.2. The molecule has 0 amide bonds. The molecular formula is C9H18N2S. The van der Waals surface area contributed by atoms with E-state index in [1.54, 1.807) is 0 Å². The molecule has 0 unspecified atom stereocenters. The Morgan fingerprint density at radius 1 is 1.50 bits per heavy atom. The molecule has 0 saturated heterocycles. The zero-order valence-electron chi connectivity index (χ0n) is 8.18. The van der Waals surface area contributed by atoms with Gasteiger partial charge in [0.2, 0.25) is 0 Å². The summed E-state index contributed by atoms with van der Waals surface area (Å²) in [7, 11) is 0. The molecular weight excluding hydrogens is 168 g/mol. The second-order valence-electron chi connectivity index (χ2n) is 3.40. The van der Waals surface area contributed by atoms with E-state index in [1.165, 1.54) is 0 Å². The second kappa shape index (κ2) is 6.33. The summed E-state index contributed by atoms with van der Waals surface area (Å²) in [5, 5.41) is 11.6. The number of hydrogen-bond acceptors (Lipinski definition) is 3. The summed E-state index contributed by atoms with van der Waals surface area (Å²) in [5.41, 5.74) is 0. The van der Waals surface area contributed by atoms with Crippen LogP contribution >= 0.6 is 11.8 Å². The largest absolute Gasteiger partial charge is 0.315 e. The monoisotopic (exact) mass is 186 g/mol. The minimum atomic E-state index is 0.312. The first-order valence-corrected chi connectivity index (χ1v) is 5.47. The third kappa shape index (κ3) is 6.51. The molecule has 0 aliphatic heterocycles. The average molecular weight is 186 g/mol. The molecule has 1 N–H and O–H groups in total. The fraction of sp³-hybridized carbons (Fsp3) is 0.889. The van der Waals surface area contributed by atoms with Crippen LogP contribution in [0.4, 0.5) is 0 Å². The molecule has 3 heteroatoms. The summed E-state index contributed by atoms with van der Waals surface area (Å²) in [6.07, 6.45) is 3.74. The number of hydrogen-bond donors (Lipinski definition) is 1. The van der Waals surface area contributed by atoms with Crippen LogP contribution in [-0.2, 0) is 0 Å². The van der Waals surface area contributed by atoms with Gasteiger partial charge in [-0.1, -0.05) is 0 Å². The lowest BCUT2D eigenvalue weighted by Gasteiger charge is -2.22. The summed E-state index contributed by atoms with van der Waals surface area (Å²) in [6, 6.07) is 2.13. The van der Waals surface area contributed by atoms with Crippen LogP contribution in [0.1, 0.15) is 26.7 Å². The van der Waals surface area contributed by atoms with Crippen LogP contribution in [-0.4, -0.2) is 24.1 Å². The summed E-state index contributed by atoms with van der Waals surface area (Å²) in [5.74, 6) is 0. The van der Waals surface area contributed by atoms with Gasteiger partial charge in [0.15, 0.2) is 0 Å². The summed E-state index contributed by atoms with van der Waals surface area (Å²) >= 11 is 1.86. The van der Waals surface area contributed by atoms with Crippen LogP contribution in [0.15, 0.2) is 0 Å². The summed E-state index contributed by atoms with van der Waals surface area (Å²) in [6.45, 7) is 6.40. The smallest absolute Gasteiger partial charge is 0.0622 e. The van der Waals surface area contributed by atoms with Gasteiger partial charge in [-0.15, -0.1) is 0 Å². The van der Waals surface area contributed by atoms with Crippen LogP contribution < -0.4 is 5.32 Å². The van der Waals surface area contributed by atoms with Crippen molar-refractivity contribution in [2.45, 2.75) is 31.4 Å². The summed E-state index contributed by atoms with van der Waals surface area (Å²) in [4.78, 5) is 0. The van der Waals surface area contributed by atoms with E-state index in [0.29, 0.717) is 11.2 Å². The number of rotatable bonds is 6. The predicted octanol–water partition coefficient (Wildman–Crippen LogP) is 2.02. The average Bonchev–Trinajstić information content (AvgIpc) is 2.04. The molecule has 0 saturated carbocycles. The number of unbranched alkanes of at least 4 members (excludes halogenated alkanes) is 1. The molecule has 2 nitrogen and oxygen atoms in total. The van der Waals surface area contributed by atoms with Gasteiger partial charge in [0.1, 0.15) is 0 Å². The Hall–Kier alpha value is -0.200. The van der Waals surface area contributed by atoms with Gasteiger partial charge in [0.05, 0.1) is 6.07 Å². The molecule has 70 valence electrons. The fourth-order valence-electron chi connectivity index (χ4n) is 0.754. The molecule has 0 spiro atoms. The van der Waals surface area contributed by atoms with Crippen molar-refractivity contribution in [3.63, 3.8) is 0 Å². The van der Waals surface area contributed by atoms with Gasteiger partial charge >= 0.3 is 0 Å². The minimum Gasteiger partial charge on any atom is -0.315 e. The van der Waals surface area contributed by atoms with Crippen LogP contribution in [0.2, 0.25) is 0 Å². The Kier molecular flexibility index (Phi) is 6.23. The van der Waals surface area contributed by atoms with E-state index in [4.69, 9.17) is 5.26 Å². The Bertz CT molecular complexity index is 149. The van der Waals surface area contributed by atoms with Gasteiger partial charge in [-0.25, -0.2) is 0 Å². The van der Waals surface area contributed by atoms with Crippen LogP contribution in [0.3, 0.4) is 0 Å². The Morgan fingerprint density at radius 2 is 2.17 bits per heavy atom. The van der Waals surface area contributed by atoms with Crippen LogP contribution in [0.5, 0.6) is 0 Å². The molecule has 0 aromatic carbocycles. The first-order chi connectivity index (χ1) is 5.62.